The first-order chi connectivity index (χ1) is 11.9. The van der Waals surface area contributed by atoms with Crippen molar-refractivity contribution in [2.24, 2.45) is 0 Å². The number of halogens is 1. The van der Waals surface area contributed by atoms with E-state index in [1.807, 2.05) is 31.4 Å². The van der Waals surface area contributed by atoms with Gasteiger partial charge >= 0.3 is 5.97 Å². The number of hydrogen-bond donors (Lipinski definition) is 1. The SMILES string of the molecule is CCn1c(C)cc(C(=O)OCC(=O)Nc2ccc(C#N)c(Cl)c2)c1C. The molecule has 0 fully saturated rings. The lowest BCUT2D eigenvalue weighted by Crippen LogP contribution is -2.21. The summed E-state index contributed by atoms with van der Waals surface area (Å²) < 4.78 is 7.08. The molecule has 0 atom stereocenters. The van der Waals surface area contributed by atoms with E-state index in [9.17, 15) is 9.59 Å². The summed E-state index contributed by atoms with van der Waals surface area (Å²) in [7, 11) is 0. The monoisotopic (exact) mass is 359 g/mol. The number of nitriles is 1. The molecule has 25 heavy (non-hydrogen) atoms. The minimum Gasteiger partial charge on any atom is -0.452 e. The van der Waals surface area contributed by atoms with Crippen molar-refractivity contribution in [3.05, 3.63) is 51.8 Å². The van der Waals surface area contributed by atoms with Crippen LogP contribution in [-0.4, -0.2) is 23.1 Å². The number of carbonyl (C=O) groups is 2. The summed E-state index contributed by atoms with van der Waals surface area (Å²) in [6, 6.07) is 8.21. The molecule has 0 aliphatic rings. The molecule has 1 aromatic carbocycles. The predicted octanol–water partition coefficient (Wildman–Crippen LogP) is 3.45. The second-order valence-electron chi connectivity index (χ2n) is 5.46. The quantitative estimate of drug-likeness (QED) is 0.829. The van der Waals surface area contributed by atoms with Crippen molar-refractivity contribution < 1.29 is 14.3 Å². The third-order valence-corrected chi connectivity index (χ3v) is 4.13. The molecule has 1 aromatic heterocycles. The van der Waals surface area contributed by atoms with Gasteiger partial charge in [-0.15, -0.1) is 0 Å². The minimum absolute atomic E-state index is 0.240. The summed E-state index contributed by atoms with van der Waals surface area (Å²) in [4.78, 5) is 24.1. The smallest absolute Gasteiger partial charge is 0.340 e. The van der Waals surface area contributed by atoms with Crippen molar-refractivity contribution in [3.63, 3.8) is 0 Å². The van der Waals surface area contributed by atoms with Gasteiger partial charge in [0.2, 0.25) is 0 Å². The number of anilines is 1. The Hall–Kier alpha value is -2.78. The van der Waals surface area contributed by atoms with E-state index in [-0.39, 0.29) is 5.02 Å². The van der Waals surface area contributed by atoms with E-state index in [1.165, 1.54) is 12.1 Å². The predicted molar refractivity (Wildman–Crippen MR) is 94.7 cm³/mol. The number of hydrogen-bond acceptors (Lipinski definition) is 4. The zero-order valence-corrected chi connectivity index (χ0v) is 15.0. The highest BCUT2D eigenvalue weighted by atomic mass is 35.5. The molecule has 2 rings (SSSR count). The highest BCUT2D eigenvalue weighted by Gasteiger charge is 2.17. The maximum atomic E-state index is 12.2. The van der Waals surface area contributed by atoms with Gasteiger partial charge in [0.25, 0.3) is 5.91 Å². The average molecular weight is 360 g/mol. The lowest BCUT2D eigenvalue weighted by molar-refractivity contribution is -0.119. The third-order valence-electron chi connectivity index (χ3n) is 3.82. The highest BCUT2D eigenvalue weighted by molar-refractivity contribution is 6.32. The molecule has 2 aromatic rings. The van der Waals surface area contributed by atoms with Crippen molar-refractivity contribution in [2.75, 3.05) is 11.9 Å². The molecule has 1 heterocycles. The minimum atomic E-state index is -0.541. The topological polar surface area (TPSA) is 84.1 Å². The van der Waals surface area contributed by atoms with E-state index in [2.05, 4.69) is 5.32 Å². The number of amides is 1. The van der Waals surface area contributed by atoms with Crippen molar-refractivity contribution in [1.82, 2.24) is 4.57 Å². The van der Waals surface area contributed by atoms with Gasteiger partial charge in [-0.25, -0.2) is 4.79 Å². The molecule has 1 amide bonds. The number of esters is 1. The second-order valence-corrected chi connectivity index (χ2v) is 5.87. The Bertz CT molecular complexity index is 865. The van der Waals surface area contributed by atoms with Crippen molar-refractivity contribution in [2.45, 2.75) is 27.3 Å². The third kappa shape index (κ3) is 4.20. The first kappa shape index (κ1) is 18.6. The first-order valence-corrected chi connectivity index (χ1v) is 8.08. The highest BCUT2D eigenvalue weighted by Crippen LogP contribution is 2.20. The summed E-state index contributed by atoms with van der Waals surface area (Å²) in [5.74, 6) is -1.03. The summed E-state index contributed by atoms with van der Waals surface area (Å²) in [5.41, 5.74) is 2.97. The zero-order valence-electron chi connectivity index (χ0n) is 14.2. The number of aryl methyl sites for hydroxylation is 1. The number of rotatable bonds is 5. The van der Waals surface area contributed by atoms with Crippen LogP contribution >= 0.6 is 11.6 Å². The summed E-state index contributed by atoms with van der Waals surface area (Å²) in [6.45, 7) is 6.09. The number of ether oxygens (including phenoxy) is 1. The van der Waals surface area contributed by atoms with Crippen LogP contribution in [-0.2, 0) is 16.1 Å². The molecule has 0 radical (unpaired) electrons. The maximum absolute atomic E-state index is 12.2. The van der Waals surface area contributed by atoms with Gasteiger partial charge in [0.05, 0.1) is 16.1 Å². The molecule has 0 bridgehead atoms. The molecule has 0 aliphatic carbocycles. The van der Waals surface area contributed by atoms with Crippen molar-refractivity contribution in [1.29, 1.82) is 5.26 Å². The van der Waals surface area contributed by atoms with Gasteiger partial charge in [-0.05, 0) is 45.0 Å². The van der Waals surface area contributed by atoms with Crippen LogP contribution in [0.1, 0.15) is 34.2 Å². The van der Waals surface area contributed by atoms with E-state index < -0.39 is 18.5 Å². The Labute approximate surface area is 151 Å². The van der Waals surface area contributed by atoms with Crippen LogP contribution in [0.3, 0.4) is 0 Å². The van der Waals surface area contributed by atoms with Crippen LogP contribution in [0.2, 0.25) is 5.02 Å². The van der Waals surface area contributed by atoms with Crippen molar-refractivity contribution in [3.8, 4) is 6.07 Å². The molecule has 0 spiro atoms. The van der Waals surface area contributed by atoms with Crippen LogP contribution in [0.5, 0.6) is 0 Å². The standard InChI is InChI=1S/C18H18ClN3O3/c1-4-22-11(2)7-15(12(22)3)18(24)25-10-17(23)21-14-6-5-13(9-20)16(19)8-14/h5-8H,4,10H2,1-3H3,(H,21,23). The van der Waals surface area contributed by atoms with Crippen LogP contribution < -0.4 is 5.32 Å². The van der Waals surface area contributed by atoms with Crippen LogP contribution in [0.25, 0.3) is 0 Å². The van der Waals surface area contributed by atoms with Gasteiger partial charge in [0, 0.05) is 23.6 Å². The number of nitrogens with zero attached hydrogens (tertiary/aromatic N) is 2. The summed E-state index contributed by atoms with van der Waals surface area (Å²) >= 11 is 5.91. The number of benzene rings is 1. The second kappa shape index (κ2) is 7.86. The molecule has 0 saturated heterocycles. The molecular weight excluding hydrogens is 342 g/mol. The normalized spacial score (nSPS) is 10.2. The average Bonchev–Trinajstić information content (AvgIpc) is 2.87. The van der Waals surface area contributed by atoms with E-state index in [4.69, 9.17) is 21.6 Å². The van der Waals surface area contributed by atoms with E-state index in [1.54, 1.807) is 12.1 Å². The van der Waals surface area contributed by atoms with E-state index >= 15 is 0 Å². The number of nitrogens with one attached hydrogen (secondary N) is 1. The molecule has 0 unspecified atom stereocenters. The Morgan fingerprint density at radius 2 is 2.04 bits per heavy atom. The molecule has 7 heteroatoms. The zero-order chi connectivity index (χ0) is 18.6. The first-order valence-electron chi connectivity index (χ1n) is 7.70. The van der Waals surface area contributed by atoms with Crippen LogP contribution in [0.15, 0.2) is 24.3 Å². The Morgan fingerprint density at radius 1 is 1.32 bits per heavy atom. The maximum Gasteiger partial charge on any atom is 0.340 e. The number of aromatic nitrogens is 1. The van der Waals surface area contributed by atoms with Gasteiger partial charge in [-0.1, -0.05) is 11.6 Å². The Kier molecular flexibility index (Phi) is 5.84. The molecule has 6 nitrogen and oxygen atoms in total. The lowest BCUT2D eigenvalue weighted by atomic mass is 10.2. The van der Waals surface area contributed by atoms with E-state index in [0.717, 1.165) is 17.9 Å². The largest absolute Gasteiger partial charge is 0.452 e. The van der Waals surface area contributed by atoms with Gasteiger partial charge in [-0.3, -0.25) is 4.79 Å². The summed E-state index contributed by atoms with van der Waals surface area (Å²) in [6.07, 6.45) is 0. The molecule has 0 aliphatic heterocycles. The Balaban J connectivity index is 1.97. The molecule has 130 valence electrons. The summed E-state index contributed by atoms with van der Waals surface area (Å²) in [5, 5.41) is 11.6. The molecular formula is C18H18ClN3O3. The van der Waals surface area contributed by atoms with Crippen molar-refractivity contribution >= 4 is 29.2 Å². The molecule has 1 N–H and O–H groups in total. The van der Waals surface area contributed by atoms with Gasteiger partial charge in [0.1, 0.15) is 6.07 Å². The lowest BCUT2D eigenvalue weighted by Gasteiger charge is -2.08. The van der Waals surface area contributed by atoms with Gasteiger partial charge in [0.15, 0.2) is 6.61 Å². The fraction of sp³-hybridized carbons (Fsp3) is 0.278. The fourth-order valence-corrected chi connectivity index (χ4v) is 2.81. The van der Waals surface area contributed by atoms with Crippen LogP contribution in [0, 0.1) is 25.2 Å². The fourth-order valence-electron chi connectivity index (χ4n) is 2.58. The van der Waals surface area contributed by atoms with E-state index in [0.29, 0.717) is 16.8 Å². The van der Waals surface area contributed by atoms with Crippen LogP contribution in [0.4, 0.5) is 5.69 Å². The van der Waals surface area contributed by atoms with Gasteiger partial charge < -0.3 is 14.6 Å². The Morgan fingerprint density at radius 3 is 2.60 bits per heavy atom. The number of carbonyl (C=O) groups excluding carboxylic acids is 2. The molecule has 0 saturated carbocycles. The van der Waals surface area contributed by atoms with Gasteiger partial charge in [-0.2, -0.15) is 5.26 Å².